The maximum atomic E-state index is 6.06. The average Bonchev–Trinajstić information content (AvgIpc) is 2.17. The molecule has 0 aliphatic rings. The van der Waals surface area contributed by atoms with E-state index >= 15 is 0 Å². The predicted octanol–water partition coefficient (Wildman–Crippen LogP) is 3.87. The number of hydrogen-bond donors (Lipinski definition) is 0. The molecule has 0 atom stereocenters. The highest BCUT2D eigenvalue weighted by atomic mass is 35.7. The first kappa shape index (κ1) is 10.8. The molecule has 0 unspecified atom stereocenters. The van der Waals surface area contributed by atoms with Crippen LogP contribution in [0.3, 0.4) is 0 Å². The number of aryl methyl sites for hydroxylation is 1. The minimum Gasteiger partial charge on any atom is -0.140 e. The molecule has 13 heavy (non-hydrogen) atoms. The van der Waals surface area contributed by atoms with E-state index < -0.39 is 6.69 Å². The molecule has 0 heterocycles. The van der Waals surface area contributed by atoms with E-state index in [9.17, 15) is 0 Å². The van der Waals surface area contributed by atoms with Crippen molar-refractivity contribution in [1.82, 2.24) is 0 Å². The Hall–Kier alpha value is -0.243. The third-order valence-corrected chi connectivity index (χ3v) is 5.46. The number of hydrogen-bond acceptors (Lipinski definition) is 0. The van der Waals surface area contributed by atoms with Crippen LogP contribution in [0.25, 0.3) is 0 Å². The number of rotatable bonds is 4. The maximum Gasteiger partial charge on any atom is 0.273 e. The van der Waals surface area contributed by atoms with Crippen LogP contribution in [0.4, 0.5) is 0 Å². The van der Waals surface area contributed by atoms with Gasteiger partial charge in [0.25, 0.3) is 6.69 Å². The van der Waals surface area contributed by atoms with Crippen LogP contribution < -0.4 is 0 Å². The van der Waals surface area contributed by atoms with Gasteiger partial charge in [-0.2, -0.15) is 0 Å². The summed E-state index contributed by atoms with van der Waals surface area (Å²) in [5.74, 6) is 0. The second kappa shape index (κ2) is 4.84. The lowest BCUT2D eigenvalue weighted by atomic mass is 10.2. The van der Waals surface area contributed by atoms with E-state index in [2.05, 4.69) is 18.7 Å². The van der Waals surface area contributed by atoms with Crippen LogP contribution in [0.2, 0.25) is 6.04 Å². The first-order valence-electron chi connectivity index (χ1n) is 4.19. The molecule has 0 bridgehead atoms. The highest BCUT2D eigenvalue weighted by Gasteiger charge is 2.22. The highest BCUT2D eigenvalue weighted by molar-refractivity contribution is 7.47. The summed E-state index contributed by atoms with van der Waals surface area (Å²) in [4.78, 5) is 0. The van der Waals surface area contributed by atoms with E-state index in [-0.39, 0.29) is 0 Å². The van der Waals surface area contributed by atoms with Gasteiger partial charge in [0.15, 0.2) is 0 Å². The molecule has 1 rings (SSSR count). The molecule has 0 spiro atoms. The standard InChI is InChI=1S/C10H12Cl2Si/c1-2-13(11,12)9-8-10-6-4-3-5-7-10/h2-7H,1,8-9H2. The van der Waals surface area contributed by atoms with E-state index in [1.807, 2.05) is 18.2 Å². The topological polar surface area (TPSA) is 0 Å². The van der Waals surface area contributed by atoms with Crippen LogP contribution in [-0.4, -0.2) is 6.69 Å². The van der Waals surface area contributed by atoms with Gasteiger partial charge in [-0.15, -0.1) is 28.7 Å². The smallest absolute Gasteiger partial charge is 0.140 e. The van der Waals surface area contributed by atoms with E-state index in [0.29, 0.717) is 0 Å². The molecule has 0 fully saturated rings. The van der Waals surface area contributed by atoms with Crippen LogP contribution in [0.15, 0.2) is 42.6 Å². The van der Waals surface area contributed by atoms with Gasteiger partial charge in [-0.1, -0.05) is 36.0 Å². The molecule has 0 saturated carbocycles. The Kier molecular flexibility index (Phi) is 4.04. The summed E-state index contributed by atoms with van der Waals surface area (Å²) in [5.41, 5.74) is 2.99. The van der Waals surface area contributed by atoms with Crippen molar-refractivity contribution in [2.75, 3.05) is 0 Å². The van der Waals surface area contributed by atoms with Crippen LogP contribution in [0.1, 0.15) is 5.56 Å². The lowest BCUT2D eigenvalue weighted by molar-refractivity contribution is 1.12. The Labute approximate surface area is 89.6 Å². The molecule has 0 N–H and O–H groups in total. The molecule has 0 aliphatic heterocycles. The average molecular weight is 231 g/mol. The van der Waals surface area contributed by atoms with Gasteiger partial charge in [-0.05, 0) is 18.0 Å². The Balaban J connectivity index is 2.48. The predicted molar refractivity (Wildman–Crippen MR) is 62.6 cm³/mol. The zero-order valence-electron chi connectivity index (χ0n) is 7.34. The molecular weight excluding hydrogens is 219 g/mol. The van der Waals surface area contributed by atoms with Crippen molar-refractivity contribution in [2.45, 2.75) is 12.5 Å². The largest absolute Gasteiger partial charge is 0.273 e. The molecule has 0 radical (unpaired) electrons. The van der Waals surface area contributed by atoms with Crippen molar-refractivity contribution >= 4 is 28.9 Å². The summed E-state index contributed by atoms with van der Waals surface area (Å²) < 4.78 is 0. The minimum absolute atomic E-state index is 0.837. The highest BCUT2D eigenvalue weighted by Crippen LogP contribution is 2.23. The summed E-state index contributed by atoms with van der Waals surface area (Å²) in [5, 5.41) is 0. The van der Waals surface area contributed by atoms with Crippen molar-refractivity contribution in [3.05, 3.63) is 48.2 Å². The third-order valence-electron chi connectivity index (χ3n) is 1.89. The lowest BCUT2D eigenvalue weighted by Crippen LogP contribution is -2.15. The molecule has 1 aromatic rings. The van der Waals surface area contributed by atoms with Crippen molar-refractivity contribution in [3.63, 3.8) is 0 Å². The summed E-state index contributed by atoms with van der Waals surface area (Å²) >= 11 is 12.1. The first-order chi connectivity index (χ1) is 6.14. The fourth-order valence-corrected chi connectivity index (χ4v) is 2.45. The van der Waals surface area contributed by atoms with Crippen molar-refractivity contribution in [3.8, 4) is 0 Å². The Bertz CT molecular complexity index is 270. The Morgan fingerprint density at radius 1 is 1.23 bits per heavy atom. The van der Waals surface area contributed by atoms with E-state index in [1.54, 1.807) is 5.70 Å². The Morgan fingerprint density at radius 3 is 2.38 bits per heavy atom. The molecule has 70 valence electrons. The second-order valence-electron chi connectivity index (χ2n) is 2.95. The summed E-state index contributed by atoms with van der Waals surface area (Å²) in [7, 11) is 0. The molecule has 1 aromatic carbocycles. The number of benzene rings is 1. The van der Waals surface area contributed by atoms with Crippen molar-refractivity contribution < 1.29 is 0 Å². The zero-order valence-corrected chi connectivity index (χ0v) is 9.85. The van der Waals surface area contributed by atoms with Gasteiger partial charge in [-0.3, -0.25) is 0 Å². The molecule has 0 aromatic heterocycles. The quantitative estimate of drug-likeness (QED) is 0.545. The normalized spacial score (nSPS) is 11.2. The summed E-state index contributed by atoms with van der Waals surface area (Å²) in [6.45, 7) is 1.49. The van der Waals surface area contributed by atoms with E-state index in [0.717, 1.165) is 12.5 Å². The van der Waals surface area contributed by atoms with Gasteiger partial charge in [0, 0.05) is 0 Å². The molecular formula is C10H12Cl2Si. The monoisotopic (exact) mass is 230 g/mol. The maximum absolute atomic E-state index is 6.06. The zero-order chi connectivity index (χ0) is 9.73. The molecule has 0 aliphatic carbocycles. The summed E-state index contributed by atoms with van der Waals surface area (Å²) in [6.07, 6.45) is 0.937. The third kappa shape index (κ3) is 3.99. The van der Waals surface area contributed by atoms with Gasteiger partial charge in [-0.25, -0.2) is 0 Å². The number of halogens is 2. The fraction of sp³-hybridized carbons (Fsp3) is 0.200. The molecule has 0 amide bonds. The fourth-order valence-electron chi connectivity index (χ4n) is 1.06. The first-order valence-corrected chi connectivity index (χ1v) is 8.50. The molecule has 0 nitrogen and oxygen atoms in total. The van der Waals surface area contributed by atoms with E-state index in [4.69, 9.17) is 22.2 Å². The van der Waals surface area contributed by atoms with Crippen LogP contribution in [0.5, 0.6) is 0 Å². The van der Waals surface area contributed by atoms with Crippen molar-refractivity contribution in [1.29, 1.82) is 0 Å². The SMILES string of the molecule is C=C[Si](Cl)(Cl)CCc1ccccc1. The van der Waals surface area contributed by atoms with Gasteiger partial charge in [0.05, 0.1) is 0 Å². The van der Waals surface area contributed by atoms with Crippen LogP contribution in [0, 0.1) is 0 Å². The summed E-state index contributed by atoms with van der Waals surface area (Å²) in [6, 6.07) is 11.1. The van der Waals surface area contributed by atoms with Gasteiger partial charge < -0.3 is 0 Å². The molecule has 0 saturated heterocycles. The van der Waals surface area contributed by atoms with Gasteiger partial charge >= 0.3 is 0 Å². The lowest BCUT2D eigenvalue weighted by Gasteiger charge is -2.10. The van der Waals surface area contributed by atoms with Crippen LogP contribution in [-0.2, 0) is 6.42 Å². The molecule has 3 heteroatoms. The van der Waals surface area contributed by atoms with Gasteiger partial charge in [0.2, 0.25) is 0 Å². The second-order valence-corrected chi connectivity index (χ2v) is 10.0. The van der Waals surface area contributed by atoms with E-state index in [1.165, 1.54) is 5.56 Å². The van der Waals surface area contributed by atoms with Gasteiger partial charge in [0.1, 0.15) is 0 Å². The van der Waals surface area contributed by atoms with Crippen LogP contribution >= 0.6 is 22.2 Å². The Morgan fingerprint density at radius 2 is 1.85 bits per heavy atom. The van der Waals surface area contributed by atoms with Crippen molar-refractivity contribution in [2.24, 2.45) is 0 Å². The minimum atomic E-state index is -2.15.